The van der Waals surface area contributed by atoms with Crippen molar-refractivity contribution < 1.29 is 4.79 Å². The third kappa shape index (κ3) is 4.13. The number of hydrogen-bond donors (Lipinski definition) is 0. The monoisotopic (exact) mass is 350 g/mol. The highest BCUT2D eigenvalue weighted by molar-refractivity contribution is 7.98. The summed E-state index contributed by atoms with van der Waals surface area (Å²) >= 11 is 1.75. The van der Waals surface area contributed by atoms with Gasteiger partial charge in [-0.3, -0.25) is 9.48 Å². The van der Waals surface area contributed by atoms with Gasteiger partial charge >= 0.3 is 0 Å². The first-order chi connectivity index (χ1) is 11.7. The largest absolute Gasteiger partial charge is 0.343 e. The average molecular weight is 351 g/mol. The number of aromatic nitrogens is 3. The molecular weight excluding hydrogens is 320 g/mol. The lowest BCUT2D eigenvalue weighted by atomic mass is 9.63. The molecule has 3 rings (SSSR count). The van der Waals surface area contributed by atoms with Gasteiger partial charge < -0.3 is 4.90 Å². The first-order valence-electron chi connectivity index (χ1n) is 9.33. The van der Waals surface area contributed by atoms with E-state index in [0.29, 0.717) is 17.7 Å². The minimum absolute atomic E-state index is 0.296. The molecular formula is C18H30N4OS. The minimum Gasteiger partial charge on any atom is -0.343 e. The van der Waals surface area contributed by atoms with Crippen molar-refractivity contribution in [3.05, 3.63) is 12.7 Å². The zero-order valence-corrected chi connectivity index (χ0v) is 15.6. The van der Waals surface area contributed by atoms with Gasteiger partial charge in [-0.1, -0.05) is 19.3 Å². The summed E-state index contributed by atoms with van der Waals surface area (Å²) in [5.41, 5.74) is 0.296. The van der Waals surface area contributed by atoms with E-state index in [2.05, 4.69) is 21.2 Å². The number of thioether (sulfide) groups is 1. The maximum atomic E-state index is 12.3. The van der Waals surface area contributed by atoms with Gasteiger partial charge in [-0.2, -0.15) is 16.9 Å². The van der Waals surface area contributed by atoms with Gasteiger partial charge in [0.25, 0.3) is 0 Å². The van der Waals surface area contributed by atoms with Crippen molar-refractivity contribution in [2.75, 3.05) is 25.1 Å². The first kappa shape index (κ1) is 17.8. The van der Waals surface area contributed by atoms with Crippen LogP contribution in [0.5, 0.6) is 0 Å². The molecule has 2 fully saturated rings. The lowest BCUT2D eigenvalue weighted by Gasteiger charge is -2.48. The van der Waals surface area contributed by atoms with Crippen molar-refractivity contribution in [1.29, 1.82) is 0 Å². The fourth-order valence-electron chi connectivity index (χ4n) is 4.60. The Morgan fingerprint density at radius 2 is 2.00 bits per heavy atom. The van der Waals surface area contributed by atoms with E-state index in [0.717, 1.165) is 44.1 Å². The molecule has 1 saturated heterocycles. The van der Waals surface area contributed by atoms with Gasteiger partial charge in [0.2, 0.25) is 5.91 Å². The number of rotatable bonds is 6. The normalized spacial score (nSPS) is 21.8. The molecule has 0 bridgehead atoms. The number of likely N-dealkylation sites (tertiary alicyclic amines) is 1. The van der Waals surface area contributed by atoms with E-state index in [-0.39, 0.29) is 0 Å². The maximum Gasteiger partial charge on any atom is 0.223 e. The summed E-state index contributed by atoms with van der Waals surface area (Å²) in [4.78, 5) is 18.6. The lowest BCUT2D eigenvalue weighted by molar-refractivity contribution is -0.134. The van der Waals surface area contributed by atoms with Gasteiger partial charge in [0.15, 0.2) is 0 Å². The van der Waals surface area contributed by atoms with Crippen LogP contribution in [0.2, 0.25) is 0 Å². The van der Waals surface area contributed by atoms with Crippen LogP contribution in [0.25, 0.3) is 0 Å². The number of nitrogens with zero attached hydrogens (tertiary/aromatic N) is 4. The Labute approximate surface area is 149 Å². The Balaban J connectivity index is 1.67. The molecule has 24 heavy (non-hydrogen) atoms. The maximum absolute atomic E-state index is 12.3. The average Bonchev–Trinajstić information content (AvgIpc) is 3.14. The van der Waals surface area contributed by atoms with Crippen LogP contribution in [0.4, 0.5) is 0 Å². The second kappa shape index (κ2) is 8.37. The smallest absolute Gasteiger partial charge is 0.223 e. The molecule has 2 heterocycles. The molecule has 1 aliphatic heterocycles. The quantitative estimate of drug-likeness (QED) is 0.790. The van der Waals surface area contributed by atoms with Crippen molar-refractivity contribution in [3.8, 4) is 0 Å². The van der Waals surface area contributed by atoms with E-state index < -0.39 is 0 Å². The summed E-state index contributed by atoms with van der Waals surface area (Å²) in [7, 11) is 0. The highest BCUT2D eigenvalue weighted by Crippen LogP contribution is 2.47. The Morgan fingerprint density at radius 1 is 1.25 bits per heavy atom. The summed E-state index contributed by atoms with van der Waals surface area (Å²) in [5.74, 6) is 2.04. The van der Waals surface area contributed by atoms with Crippen molar-refractivity contribution in [2.45, 2.75) is 57.9 Å². The number of carbonyl (C=O) groups is 1. The topological polar surface area (TPSA) is 51.0 Å². The molecule has 0 atom stereocenters. The molecule has 1 saturated carbocycles. The van der Waals surface area contributed by atoms with Crippen LogP contribution >= 0.6 is 11.8 Å². The van der Waals surface area contributed by atoms with Crippen LogP contribution in [0.3, 0.4) is 0 Å². The van der Waals surface area contributed by atoms with Gasteiger partial charge in [0, 0.05) is 31.8 Å². The summed E-state index contributed by atoms with van der Waals surface area (Å²) in [5, 5.41) is 4.37. The van der Waals surface area contributed by atoms with Crippen LogP contribution < -0.4 is 0 Å². The van der Waals surface area contributed by atoms with Gasteiger partial charge in [-0.05, 0) is 43.3 Å². The molecule has 0 aromatic carbocycles. The molecule has 0 spiro atoms. The highest BCUT2D eigenvalue weighted by atomic mass is 32.2. The van der Waals surface area contributed by atoms with E-state index in [4.69, 9.17) is 0 Å². The van der Waals surface area contributed by atoms with Crippen LogP contribution in [-0.4, -0.2) is 50.7 Å². The molecule has 6 heteroatoms. The molecule has 0 radical (unpaired) electrons. The number of piperidine rings is 1. The molecule has 1 amide bonds. The SMILES string of the molecule is CSCCC(=O)N1CCC(Cn2cncn2)(C2CCCCC2)CC1. The third-order valence-electron chi connectivity index (χ3n) is 6.05. The predicted octanol–water partition coefficient (Wildman–Crippen LogP) is 3.22. The summed E-state index contributed by atoms with van der Waals surface area (Å²) in [6.07, 6.45) is 15.2. The Morgan fingerprint density at radius 3 is 2.62 bits per heavy atom. The van der Waals surface area contributed by atoms with E-state index in [1.54, 1.807) is 18.1 Å². The second-order valence-corrected chi connectivity index (χ2v) is 8.40. The van der Waals surface area contributed by atoms with Crippen molar-refractivity contribution in [3.63, 3.8) is 0 Å². The van der Waals surface area contributed by atoms with E-state index in [1.165, 1.54) is 32.1 Å². The first-order valence-corrected chi connectivity index (χ1v) is 10.7. The van der Waals surface area contributed by atoms with Crippen LogP contribution in [0, 0.1) is 11.3 Å². The molecule has 0 unspecified atom stereocenters. The van der Waals surface area contributed by atoms with Gasteiger partial charge in [-0.15, -0.1) is 0 Å². The number of amides is 1. The molecule has 2 aliphatic rings. The van der Waals surface area contributed by atoms with Crippen molar-refractivity contribution >= 4 is 17.7 Å². The van der Waals surface area contributed by atoms with Crippen molar-refractivity contribution in [2.24, 2.45) is 11.3 Å². The van der Waals surface area contributed by atoms with E-state index in [1.807, 2.05) is 11.0 Å². The van der Waals surface area contributed by atoms with E-state index in [9.17, 15) is 4.79 Å². The van der Waals surface area contributed by atoms with Gasteiger partial charge in [0.05, 0.1) is 0 Å². The molecule has 1 aromatic heterocycles. The zero-order valence-electron chi connectivity index (χ0n) is 14.8. The second-order valence-electron chi connectivity index (χ2n) is 7.41. The molecule has 134 valence electrons. The highest BCUT2D eigenvalue weighted by Gasteiger charge is 2.42. The Bertz CT molecular complexity index is 505. The summed E-state index contributed by atoms with van der Waals surface area (Å²) < 4.78 is 2.01. The fourth-order valence-corrected chi connectivity index (χ4v) is 4.98. The van der Waals surface area contributed by atoms with Gasteiger partial charge in [-0.25, -0.2) is 4.98 Å². The molecule has 0 N–H and O–H groups in total. The number of hydrogen-bond acceptors (Lipinski definition) is 4. The summed E-state index contributed by atoms with van der Waals surface area (Å²) in [6, 6.07) is 0. The fraction of sp³-hybridized carbons (Fsp3) is 0.833. The lowest BCUT2D eigenvalue weighted by Crippen LogP contribution is -2.48. The predicted molar refractivity (Wildman–Crippen MR) is 97.8 cm³/mol. The van der Waals surface area contributed by atoms with Crippen LogP contribution in [-0.2, 0) is 11.3 Å². The Kier molecular flexibility index (Phi) is 6.19. The number of carbonyl (C=O) groups excluding carboxylic acids is 1. The Hall–Kier alpha value is -1.04. The minimum atomic E-state index is 0.296. The molecule has 1 aliphatic carbocycles. The standard InChI is InChI=1S/C18H30N4OS/c1-24-12-7-17(23)21-10-8-18(9-11-21,13-22-15-19-14-20-22)16-5-3-2-4-6-16/h14-16H,2-13H2,1H3. The van der Waals surface area contributed by atoms with E-state index >= 15 is 0 Å². The third-order valence-corrected chi connectivity index (χ3v) is 6.66. The van der Waals surface area contributed by atoms with Crippen molar-refractivity contribution in [1.82, 2.24) is 19.7 Å². The molecule has 5 nitrogen and oxygen atoms in total. The zero-order chi connectivity index (χ0) is 16.8. The van der Waals surface area contributed by atoms with Crippen LogP contribution in [0.15, 0.2) is 12.7 Å². The van der Waals surface area contributed by atoms with Crippen LogP contribution in [0.1, 0.15) is 51.4 Å². The molecule has 1 aromatic rings. The van der Waals surface area contributed by atoms with Gasteiger partial charge in [0.1, 0.15) is 12.7 Å². The summed E-state index contributed by atoms with van der Waals surface area (Å²) in [6.45, 7) is 2.79.